The number of nitrogens with one attached hydrogen (secondary N) is 1. The van der Waals surface area contributed by atoms with Crippen LogP contribution >= 0.6 is 0 Å². The van der Waals surface area contributed by atoms with Gasteiger partial charge in [0.05, 0.1) is 25.4 Å². The monoisotopic (exact) mass is 1080 g/mol. The number of hydrogen-bond acceptors (Lipinski definition) is 10. The minimum absolute atomic E-state index is 0.257. The fourth-order valence-corrected chi connectivity index (χ4v) is 10.7. The molecule has 1 amide bonds. The molecule has 76 heavy (non-hydrogen) atoms. The lowest BCUT2D eigenvalue weighted by molar-refractivity contribution is -0.303. The summed E-state index contributed by atoms with van der Waals surface area (Å²) in [6.45, 7) is 3.47. The molecule has 450 valence electrons. The molecule has 1 aliphatic heterocycles. The number of aliphatic hydroxyl groups is 7. The summed E-state index contributed by atoms with van der Waals surface area (Å²) >= 11 is 0. The molecule has 9 atom stereocenters. The molecule has 8 N–H and O–H groups in total. The van der Waals surface area contributed by atoms with Gasteiger partial charge >= 0.3 is 0 Å². The molecule has 0 bridgehead atoms. The Bertz CT molecular complexity index is 1280. The number of hydrogen-bond donors (Lipinski definition) is 8. The molecule has 1 rings (SSSR count). The maximum atomic E-state index is 13.2. The van der Waals surface area contributed by atoms with E-state index in [0.717, 1.165) is 38.5 Å². The van der Waals surface area contributed by atoms with Gasteiger partial charge in [0.15, 0.2) is 6.29 Å². The van der Waals surface area contributed by atoms with Crippen molar-refractivity contribution >= 4 is 5.91 Å². The fourth-order valence-electron chi connectivity index (χ4n) is 10.7. The summed E-state index contributed by atoms with van der Waals surface area (Å²) in [6, 6.07) is -1.18. The van der Waals surface area contributed by atoms with Crippen molar-refractivity contribution in [3.63, 3.8) is 0 Å². The van der Waals surface area contributed by atoms with Crippen molar-refractivity contribution in [1.82, 2.24) is 5.32 Å². The number of rotatable bonds is 57. The number of unbranched alkanes of at least 4 members (excludes halogenated alkanes) is 41. The minimum atomic E-state index is -1.67. The zero-order chi connectivity index (χ0) is 55.4. The maximum Gasteiger partial charge on any atom is 0.249 e. The Morgan fingerprint density at radius 3 is 1.13 bits per heavy atom. The van der Waals surface area contributed by atoms with Crippen molar-refractivity contribution in [1.29, 1.82) is 0 Å². The molecule has 0 radical (unpaired) electrons. The summed E-state index contributed by atoms with van der Waals surface area (Å²) < 4.78 is 11.1. The lowest BCUT2D eigenvalue weighted by Crippen LogP contribution is -2.60. The van der Waals surface area contributed by atoms with Gasteiger partial charge in [-0.25, -0.2) is 0 Å². The van der Waals surface area contributed by atoms with Crippen LogP contribution in [-0.4, -0.2) is 110 Å². The van der Waals surface area contributed by atoms with Crippen LogP contribution in [0.25, 0.3) is 0 Å². The van der Waals surface area contributed by atoms with Crippen LogP contribution in [0, 0.1) is 0 Å². The highest BCUT2D eigenvalue weighted by Crippen LogP contribution is 2.24. The number of aliphatic hydroxyl groups excluding tert-OH is 7. The van der Waals surface area contributed by atoms with Crippen molar-refractivity contribution in [2.45, 2.75) is 371 Å². The van der Waals surface area contributed by atoms with Crippen LogP contribution in [0.5, 0.6) is 0 Å². The molecule has 0 spiro atoms. The smallest absolute Gasteiger partial charge is 0.249 e. The van der Waals surface area contributed by atoms with Crippen molar-refractivity contribution in [3.05, 3.63) is 24.3 Å². The molecule has 1 aliphatic rings. The number of amides is 1. The van der Waals surface area contributed by atoms with Crippen molar-refractivity contribution in [2.24, 2.45) is 0 Å². The van der Waals surface area contributed by atoms with Gasteiger partial charge in [0.1, 0.15) is 36.6 Å². The van der Waals surface area contributed by atoms with E-state index in [9.17, 15) is 40.5 Å². The number of carbonyl (C=O) groups is 1. The van der Waals surface area contributed by atoms with Gasteiger partial charge in [0, 0.05) is 0 Å². The Hall–Kier alpha value is -1.41. The molecule has 1 heterocycles. The van der Waals surface area contributed by atoms with Gasteiger partial charge in [-0.1, -0.05) is 276 Å². The lowest BCUT2D eigenvalue weighted by atomic mass is 9.98. The van der Waals surface area contributed by atoms with Crippen LogP contribution in [0.4, 0.5) is 0 Å². The average Bonchev–Trinajstić information content (AvgIpc) is 3.42. The first kappa shape index (κ1) is 72.6. The quantitative estimate of drug-likeness (QED) is 0.0215. The van der Waals surface area contributed by atoms with Crippen molar-refractivity contribution < 1.29 is 50.0 Å². The van der Waals surface area contributed by atoms with E-state index in [0.29, 0.717) is 12.8 Å². The third-order valence-corrected chi connectivity index (χ3v) is 16.0. The largest absolute Gasteiger partial charge is 0.394 e. The molecular formula is C65H125NO10. The predicted molar refractivity (Wildman–Crippen MR) is 316 cm³/mol. The molecule has 9 unspecified atom stereocenters. The van der Waals surface area contributed by atoms with Gasteiger partial charge in [0.2, 0.25) is 5.91 Å². The molecule has 0 aliphatic carbocycles. The molecule has 11 nitrogen and oxygen atoms in total. The van der Waals surface area contributed by atoms with Gasteiger partial charge in [-0.15, -0.1) is 0 Å². The van der Waals surface area contributed by atoms with E-state index in [4.69, 9.17) is 9.47 Å². The molecule has 11 heteroatoms. The van der Waals surface area contributed by atoms with Crippen LogP contribution in [0.1, 0.15) is 316 Å². The van der Waals surface area contributed by atoms with Crippen LogP contribution in [0.15, 0.2) is 24.3 Å². The fraction of sp³-hybridized carbons (Fsp3) is 0.923. The van der Waals surface area contributed by atoms with Gasteiger partial charge in [0.25, 0.3) is 0 Å². The van der Waals surface area contributed by atoms with Gasteiger partial charge in [-0.2, -0.15) is 0 Å². The van der Waals surface area contributed by atoms with E-state index in [-0.39, 0.29) is 12.8 Å². The maximum absolute atomic E-state index is 13.2. The Kier molecular flexibility index (Phi) is 51.8. The van der Waals surface area contributed by atoms with E-state index >= 15 is 0 Å². The Morgan fingerprint density at radius 2 is 0.776 bits per heavy atom. The summed E-state index contributed by atoms with van der Waals surface area (Å²) in [7, 11) is 0. The van der Waals surface area contributed by atoms with Crippen molar-refractivity contribution in [3.8, 4) is 0 Å². The van der Waals surface area contributed by atoms with Crippen LogP contribution < -0.4 is 5.32 Å². The Morgan fingerprint density at radius 1 is 0.447 bits per heavy atom. The standard InChI is InChI=1S/C65H125NO10/c1-3-5-7-9-11-13-15-17-19-20-21-22-23-24-25-26-27-28-29-30-31-32-33-34-35-36-37-39-41-43-45-47-49-51-53-58(69)64(74)66-56(55-75-65-63(73)62(72)61(71)59(54-67)76-65)60(70)57(68)52-50-48-46-44-42-40-38-18-16-14-12-10-8-6-4-2/h26-27,44,46,56-63,65,67-73H,3-25,28-43,45,47-55H2,1-2H3,(H,66,74)/b27-26-,46-44+. The number of allylic oxidation sites excluding steroid dienone is 4. The van der Waals surface area contributed by atoms with E-state index in [1.807, 2.05) is 0 Å². The lowest BCUT2D eigenvalue weighted by Gasteiger charge is -2.40. The van der Waals surface area contributed by atoms with Crippen LogP contribution in [0.2, 0.25) is 0 Å². The molecular weight excluding hydrogens is 955 g/mol. The molecule has 1 fully saturated rings. The molecule has 0 aromatic heterocycles. The third-order valence-electron chi connectivity index (χ3n) is 16.0. The highest BCUT2D eigenvalue weighted by Gasteiger charge is 2.44. The third kappa shape index (κ3) is 41.6. The zero-order valence-electron chi connectivity index (χ0n) is 49.5. The average molecular weight is 1080 g/mol. The number of ether oxygens (including phenoxy) is 2. The van der Waals surface area contributed by atoms with Gasteiger partial charge in [-0.05, 0) is 64.2 Å². The first-order valence-electron chi connectivity index (χ1n) is 32.7. The summed E-state index contributed by atoms with van der Waals surface area (Å²) in [5.41, 5.74) is 0. The minimum Gasteiger partial charge on any atom is -0.394 e. The molecule has 1 saturated heterocycles. The highest BCUT2D eigenvalue weighted by atomic mass is 16.7. The second-order valence-electron chi connectivity index (χ2n) is 23.2. The summed E-state index contributed by atoms with van der Waals surface area (Å²) in [5.74, 6) is -0.702. The van der Waals surface area contributed by atoms with Gasteiger partial charge < -0.3 is 50.5 Å². The van der Waals surface area contributed by atoms with Crippen LogP contribution in [0.3, 0.4) is 0 Å². The highest BCUT2D eigenvalue weighted by molar-refractivity contribution is 5.80. The normalized spacial score (nSPS) is 19.7. The Labute approximate surface area is 467 Å². The molecule has 0 aromatic rings. The van der Waals surface area contributed by atoms with E-state index in [1.54, 1.807) is 0 Å². The first-order chi connectivity index (χ1) is 37.2. The molecule has 0 aromatic carbocycles. The summed E-state index contributed by atoms with van der Waals surface area (Å²) in [4.78, 5) is 13.2. The SMILES string of the molecule is CCCCCCCCCCCC/C=C/CCCC(O)C(O)C(COC1OC(CO)C(O)C(O)C1O)NC(=O)C(O)CCCCCCCCCCCCCCCCCC/C=C\CCCCCCCCCCCCCCCC. The predicted octanol–water partition coefficient (Wildman–Crippen LogP) is 14.9. The second kappa shape index (κ2) is 54.2. The van der Waals surface area contributed by atoms with E-state index in [2.05, 4.69) is 43.5 Å². The van der Waals surface area contributed by atoms with E-state index in [1.165, 1.54) is 238 Å². The summed E-state index contributed by atoms with van der Waals surface area (Å²) in [5, 5.41) is 76.2. The first-order valence-corrected chi connectivity index (χ1v) is 32.7. The second-order valence-corrected chi connectivity index (χ2v) is 23.2. The van der Waals surface area contributed by atoms with Gasteiger partial charge in [-0.3, -0.25) is 4.79 Å². The number of carbonyl (C=O) groups excluding carboxylic acids is 1. The molecule has 0 saturated carbocycles. The van der Waals surface area contributed by atoms with E-state index < -0.39 is 74.2 Å². The topological polar surface area (TPSA) is 189 Å². The summed E-state index contributed by atoms with van der Waals surface area (Å²) in [6.07, 6.45) is 55.6. The Balaban J connectivity index is 2.16. The van der Waals surface area contributed by atoms with Crippen molar-refractivity contribution in [2.75, 3.05) is 13.2 Å². The van der Waals surface area contributed by atoms with Crippen LogP contribution in [-0.2, 0) is 14.3 Å². The zero-order valence-corrected chi connectivity index (χ0v) is 49.5.